The number of unbranched alkanes of at least 4 members (excludes halogenated alkanes) is 2. The second-order valence-electron chi connectivity index (χ2n) is 3.73. The fraction of sp³-hybridized carbons (Fsp3) is 0.462. The van der Waals surface area contributed by atoms with Gasteiger partial charge in [-0.05, 0) is 30.4 Å². The van der Waals surface area contributed by atoms with Crippen LogP contribution in [-0.2, 0) is 0 Å². The third kappa shape index (κ3) is 4.30. The smallest absolute Gasteiger partial charge is 0.335 e. The van der Waals surface area contributed by atoms with Gasteiger partial charge in [-0.3, -0.25) is 0 Å². The summed E-state index contributed by atoms with van der Waals surface area (Å²) in [5.41, 5.74) is 0.309. The van der Waals surface area contributed by atoms with Crippen LogP contribution in [0.25, 0.3) is 0 Å². The van der Waals surface area contributed by atoms with Crippen LogP contribution in [-0.4, -0.2) is 23.9 Å². The number of carboxylic acids is 1. The molecule has 17 heavy (non-hydrogen) atoms. The van der Waals surface area contributed by atoms with Crippen molar-refractivity contribution in [3.63, 3.8) is 0 Å². The molecule has 1 rings (SSSR count). The second-order valence-corrected chi connectivity index (χ2v) is 4.86. The molecule has 94 valence electrons. The lowest BCUT2D eigenvalue weighted by Crippen LogP contribution is -1.97. The van der Waals surface area contributed by atoms with Gasteiger partial charge in [0.25, 0.3) is 0 Å². The zero-order valence-corrected chi connectivity index (χ0v) is 11.0. The zero-order valence-electron chi connectivity index (χ0n) is 10.2. The van der Waals surface area contributed by atoms with Gasteiger partial charge in [0.1, 0.15) is 5.75 Å². The Morgan fingerprint density at radius 3 is 2.76 bits per heavy atom. The fourth-order valence-corrected chi connectivity index (χ4v) is 2.53. The van der Waals surface area contributed by atoms with E-state index in [0.717, 1.165) is 22.8 Å². The van der Waals surface area contributed by atoms with Gasteiger partial charge >= 0.3 is 5.97 Å². The van der Waals surface area contributed by atoms with Crippen molar-refractivity contribution in [1.82, 2.24) is 0 Å². The number of hydrogen-bond acceptors (Lipinski definition) is 3. The minimum absolute atomic E-state index is 0.309. The highest BCUT2D eigenvalue weighted by molar-refractivity contribution is 7.99. The molecule has 0 unspecified atom stereocenters. The van der Waals surface area contributed by atoms with Crippen LogP contribution in [0.2, 0.25) is 0 Å². The Bertz CT molecular complexity index is 377. The maximum absolute atomic E-state index is 10.9. The van der Waals surface area contributed by atoms with Crippen LogP contribution in [0.3, 0.4) is 0 Å². The van der Waals surface area contributed by atoms with Gasteiger partial charge in [0.15, 0.2) is 0 Å². The van der Waals surface area contributed by atoms with Crippen molar-refractivity contribution in [3.05, 3.63) is 23.8 Å². The lowest BCUT2D eigenvalue weighted by atomic mass is 10.2. The van der Waals surface area contributed by atoms with Crippen molar-refractivity contribution in [2.45, 2.75) is 31.1 Å². The summed E-state index contributed by atoms with van der Waals surface area (Å²) >= 11 is 1.65. The summed E-state index contributed by atoms with van der Waals surface area (Å²) in [5, 5.41) is 8.93. The van der Waals surface area contributed by atoms with Crippen molar-refractivity contribution in [3.8, 4) is 5.75 Å². The number of carbonyl (C=O) groups is 1. The van der Waals surface area contributed by atoms with Gasteiger partial charge < -0.3 is 9.84 Å². The van der Waals surface area contributed by atoms with E-state index in [-0.39, 0.29) is 0 Å². The molecule has 0 aliphatic heterocycles. The van der Waals surface area contributed by atoms with Crippen molar-refractivity contribution < 1.29 is 14.6 Å². The molecule has 1 aromatic rings. The largest absolute Gasteiger partial charge is 0.496 e. The van der Waals surface area contributed by atoms with Crippen molar-refractivity contribution in [2.75, 3.05) is 12.9 Å². The molecular formula is C13H18O3S. The monoisotopic (exact) mass is 254 g/mol. The topological polar surface area (TPSA) is 46.5 Å². The molecule has 0 saturated carbocycles. The third-order valence-electron chi connectivity index (χ3n) is 2.42. The lowest BCUT2D eigenvalue weighted by molar-refractivity contribution is 0.0696. The molecule has 1 aromatic carbocycles. The molecule has 0 aliphatic carbocycles. The van der Waals surface area contributed by atoms with Crippen LogP contribution in [0.15, 0.2) is 23.1 Å². The number of carboxylic acid groups (broad SMARTS) is 1. The minimum Gasteiger partial charge on any atom is -0.496 e. The fourth-order valence-electron chi connectivity index (χ4n) is 1.46. The summed E-state index contributed by atoms with van der Waals surface area (Å²) in [5.74, 6) is 0.840. The van der Waals surface area contributed by atoms with Crippen molar-refractivity contribution >= 4 is 17.7 Å². The van der Waals surface area contributed by atoms with Gasteiger partial charge in [-0.25, -0.2) is 4.79 Å². The number of ether oxygens (including phenoxy) is 1. The first-order chi connectivity index (χ1) is 8.19. The predicted molar refractivity (Wildman–Crippen MR) is 70.2 cm³/mol. The molecule has 0 spiro atoms. The number of aromatic carboxylic acids is 1. The van der Waals surface area contributed by atoms with Crippen molar-refractivity contribution in [2.24, 2.45) is 0 Å². The maximum Gasteiger partial charge on any atom is 0.335 e. The predicted octanol–water partition coefficient (Wildman–Crippen LogP) is 3.68. The molecule has 0 fully saturated rings. The third-order valence-corrected chi connectivity index (χ3v) is 3.54. The summed E-state index contributed by atoms with van der Waals surface area (Å²) in [6.07, 6.45) is 3.53. The van der Waals surface area contributed by atoms with Crippen LogP contribution in [0.1, 0.15) is 36.5 Å². The molecule has 0 bridgehead atoms. The van der Waals surface area contributed by atoms with Crippen LogP contribution in [0.5, 0.6) is 5.75 Å². The van der Waals surface area contributed by atoms with Gasteiger partial charge in [-0.1, -0.05) is 19.8 Å². The second kappa shape index (κ2) is 7.22. The molecule has 0 heterocycles. The van der Waals surface area contributed by atoms with E-state index in [0.29, 0.717) is 5.56 Å². The van der Waals surface area contributed by atoms with Gasteiger partial charge in [0, 0.05) is 0 Å². The molecule has 0 saturated heterocycles. The van der Waals surface area contributed by atoms with E-state index in [9.17, 15) is 4.79 Å². The molecule has 0 aliphatic rings. The summed E-state index contributed by atoms with van der Waals surface area (Å²) in [4.78, 5) is 11.8. The van der Waals surface area contributed by atoms with Crippen molar-refractivity contribution in [1.29, 1.82) is 0 Å². The normalized spacial score (nSPS) is 10.2. The molecule has 0 radical (unpaired) electrons. The van der Waals surface area contributed by atoms with Gasteiger partial charge in [0.2, 0.25) is 0 Å². The molecule has 3 nitrogen and oxygen atoms in total. The quantitative estimate of drug-likeness (QED) is 0.595. The number of rotatable bonds is 7. The van der Waals surface area contributed by atoms with Gasteiger partial charge in [-0.2, -0.15) is 0 Å². The van der Waals surface area contributed by atoms with Gasteiger partial charge in [-0.15, -0.1) is 11.8 Å². The molecule has 0 atom stereocenters. The molecule has 1 N–H and O–H groups in total. The highest BCUT2D eigenvalue weighted by atomic mass is 32.2. The van der Waals surface area contributed by atoms with Crippen LogP contribution in [0, 0.1) is 0 Å². The summed E-state index contributed by atoms with van der Waals surface area (Å²) in [6.45, 7) is 2.16. The summed E-state index contributed by atoms with van der Waals surface area (Å²) < 4.78 is 5.22. The van der Waals surface area contributed by atoms with E-state index >= 15 is 0 Å². The van der Waals surface area contributed by atoms with E-state index < -0.39 is 5.97 Å². The Hall–Kier alpha value is -1.16. The molecule has 0 aromatic heterocycles. The Morgan fingerprint density at radius 2 is 2.18 bits per heavy atom. The Morgan fingerprint density at radius 1 is 1.41 bits per heavy atom. The van der Waals surface area contributed by atoms with E-state index in [1.54, 1.807) is 37.1 Å². The standard InChI is InChI=1S/C13H18O3S/c1-3-4-5-8-17-12-9-10(13(14)15)6-7-11(12)16-2/h6-7,9H,3-5,8H2,1-2H3,(H,14,15). The average molecular weight is 254 g/mol. The number of methoxy groups -OCH3 is 1. The van der Waals surface area contributed by atoms with E-state index in [4.69, 9.17) is 9.84 Å². The maximum atomic E-state index is 10.9. The summed E-state index contributed by atoms with van der Waals surface area (Å²) in [6, 6.07) is 4.96. The minimum atomic E-state index is -0.900. The number of hydrogen-bond donors (Lipinski definition) is 1. The van der Waals surface area contributed by atoms with E-state index in [2.05, 4.69) is 6.92 Å². The first kappa shape index (κ1) is 13.9. The van der Waals surface area contributed by atoms with Crippen LogP contribution in [0.4, 0.5) is 0 Å². The zero-order chi connectivity index (χ0) is 12.7. The van der Waals surface area contributed by atoms with Crippen LogP contribution >= 0.6 is 11.8 Å². The Balaban J connectivity index is 2.72. The average Bonchev–Trinajstić information content (AvgIpc) is 2.34. The lowest BCUT2D eigenvalue weighted by Gasteiger charge is -2.08. The molecular weight excluding hydrogens is 236 g/mol. The number of thioether (sulfide) groups is 1. The van der Waals surface area contributed by atoms with E-state index in [1.807, 2.05) is 0 Å². The highest BCUT2D eigenvalue weighted by Gasteiger charge is 2.09. The molecule has 4 heteroatoms. The first-order valence-corrected chi connectivity index (χ1v) is 6.71. The first-order valence-electron chi connectivity index (χ1n) is 5.73. The highest BCUT2D eigenvalue weighted by Crippen LogP contribution is 2.30. The summed E-state index contributed by atoms with van der Waals surface area (Å²) in [7, 11) is 1.60. The Kier molecular flexibility index (Phi) is 5.91. The Labute approximate surface area is 106 Å². The number of benzene rings is 1. The molecule has 0 amide bonds. The van der Waals surface area contributed by atoms with E-state index in [1.165, 1.54) is 12.8 Å². The van der Waals surface area contributed by atoms with Gasteiger partial charge in [0.05, 0.1) is 17.6 Å². The SMILES string of the molecule is CCCCCSc1cc(C(=O)O)ccc1OC. The van der Waals surface area contributed by atoms with Crippen LogP contribution < -0.4 is 4.74 Å².